The second-order valence-corrected chi connectivity index (χ2v) is 3.89. The Morgan fingerprint density at radius 2 is 2.33 bits per heavy atom. The molecule has 0 saturated heterocycles. The molecule has 1 atom stereocenters. The van der Waals surface area contributed by atoms with E-state index >= 15 is 0 Å². The number of pyridine rings is 1. The third-order valence-corrected chi connectivity index (χ3v) is 2.47. The van der Waals surface area contributed by atoms with Gasteiger partial charge in [-0.05, 0) is 31.4 Å². The molecule has 1 heterocycles. The van der Waals surface area contributed by atoms with Crippen molar-refractivity contribution in [2.45, 2.75) is 25.3 Å². The summed E-state index contributed by atoms with van der Waals surface area (Å²) < 4.78 is 0. The highest BCUT2D eigenvalue weighted by Gasteiger charge is 2.18. The van der Waals surface area contributed by atoms with Crippen LogP contribution in [0.1, 0.15) is 29.6 Å². The molecule has 5 nitrogen and oxygen atoms in total. The Kier molecular flexibility index (Phi) is 5.57. The lowest BCUT2D eigenvalue weighted by Gasteiger charge is -2.14. The molecule has 18 heavy (non-hydrogen) atoms. The monoisotopic (exact) mass is 247 g/mol. The van der Waals surface area contributed by atoms with E-state index in [9.17, 15) is 9.59 Å². The number of carbonyl (C=O) groups is 2. The standard InChI is InChI=1S/C13H17N3O2/c1-2-3-4-7-11(12(14)17)16-13(18)10-6-5-8-15-9-10/h2,5-6,8-9,11H,1,3-4,7H2,(H2,14,17)(H,16,18)/t11-/m1/s1. The van der Waals surface area contributed by atoms with E-state index in [0.717, 1.165) is 12.8 Å². The summed E-state index contributed by atoms with van der Waals surface area (Å²) in [7, 11) is 0. The lowest BCUT2D eigenvalue weighted by molar-refractivity contribution is -0.120. The maximum absolute atomic E-state index is 11.8. The van der Waals surface area contributed by atoms with E-state index in [0.29, 0.717) is 12.0 Å². The van der Waals surface area contributed by atoms with Crippen molar-refractivity contribution >= 4 is 11.8 Å². The molecule has 0 radical (unpaired) electrons. The molecule has 0 unspecified atom stereocenters. The normalized spacial score (nSPS) is 11.6. The molecule has 5 heteroatoms. The largest absolute Gasteiger partial charge is 0.368 e. The van der Waals surface area contributed by atoms with Gasteiger partial charge in [0.05, 0.1) is 5.56 Å². The van der Waals surface area contributed by atoms with Crippen LogP contribution in [0.25, 0.3) is 0 Å². The van der Waals surface area contributed by atoms with Gasteiger partial charge in [0.25, 0.3) is 5.91 Å². The zero-order valence-electron chi connectivity index (χ0n) is 10.1. The van der Waals surface area contributed by atoms with Gasteiger partial charge in [0, 0.05) is 12.4 Å². The highest BCUT2D eigenvalue weighted by Crippen LogP contribution is 2.03. The number of amides is 2. The van der Waals surface area contributed by atoms with E-state index in [2.05, 4.69) is 16.9 Å². The van der Waals surface area contributed by atoms with Gasteiger partial charge < -0.3 is 11.1 Å². The molecule has 1 aromatic heterocycles. The Bertz CT molecular complexity index is 418. The van der Waals surface area contributed by atoms with Gasteiger partial charge in [-0.2, -0.15) is 0 Å². The van der Waals surface area contributed by atoms with Crippen LogP contribution in [0.5, 0.6) is 0 Å². The molecule has 1 rings (SSSR count). The molecule has 0 aliphatic rings. The van der Waals surface area contributed by atoms with Gasteiger partial charge in [0.1, 0.15) is 6.04 Å². The Labute approximate surface area is 106 Å². The fourth-order valence-corrected chi connectivity index (χ4v) is 1.49. The predicted octanol–water partition coefficient (Wildman–Crippen LogP) is 1.02. The van der Waals surface area contributed by atoms with Crippen LogP contribution in [0.3, 0.4) is 0 Å². The number of rotatable bonds is 7. The second-order valence-electron chi connectivity index (χ2n) is 3.89. The number of unbranched alkanes of at least 4 members (excludes halogenated alkanes) is 1. The zero-order chi connectivity index (χ0) is 13.4. The van der Waals surface area contributed by atoms with E-state index in [1.54, 1.807) is 24.4 Å². The van der Waals surface area contributed by atoms with E-state index in [1.165, 1.54) is 6.20 Å². The topological polar surface area (TPSA) is 85.1 Å². The molecule has 1 aromatic rings. The van der Waals surface area contributed by atoms with Crippen molar-refractivity contribution in [1.82, 2.24) is 10.3 Å². The van der Waals surface area contributed by atoms with Crippen LogP contribution < -0.4 is 11.1 Å². The van der Waals surface area contributed by atoms with E-state index in [1.807, 2.05) is 0 Å². The lowest BCUT2D eigenvalue weighted by atomic mass is 10.1. The molecule has 0 fully saturated rings. The van der Waals surface area contributed by atoms with Crippen molar-refractivity contribution < 1.29 is 9.59 Å². The Hall–Kier alpha value is -2.17. The number of hydrogen-bond donors (Lipinski definition) is 2. The van der Waals surface area contributed by atoms with Crippen LogP contribution in [0, 0.1) is 0 Å². The van der Waals surface area contributed by atoms with Crippen LogP contribution in [-0.4, -0.2) is 22.8 Å². The molecule has 0 spiro atoms. The molecule has 0 aromatic carbocycles. The minimum absolute atomic E-state index is 0.342. The van der Waals surface area contributed by atoms with E-state index in [4.69, 9.17) is 5.73 Å². The van der Waals surface area contributed by atoms with Crippen LogP contribution in [0.15, 0.2) is 37.2 Å². The fourth-order valence-electron chi connectivity index (χ4n) is 1.49. The van der Waals surface area contributed by atoms with Crippen LogP contribution in [-0.2, 0) is 4.79 Å². The first-order valence-corrected chi connectivity index (χ1v) is 5.76. The quantitative estimate of drug-likeness (QED) is 0.557. The van der Waals surface area contributed by atoms with Gasteiger partial charge in [0.2, 0.25) is 5.91 Å². The van der Waals surface area contributed by atoms with Gasteiger partial charge in [-0.3, -0.25) is 14.6 Å². The number of nitrogens with zero attached hydrogens (tertiary/aromatic N) is 1. The van der Waals surface area contributed by atoms with Gasteiger partial charge in [-0.1, -0.05) is 6.08 Å². The number of carbonyl (C=O) groups excluding carboxylic acids is 2. The number of primary amides is 1. The summed E-state index contributed by atoms with van der Waals surface area (Å²) in [6.45, 7) is 3.60. The second kappa shape index (κ2) is 7.21. The van der Waals surface area contributed by atoms with Crippen LogP contribution in [0.4, 0.5) is 0 Å². The van der Waals surface area contributed by atoms with Gasteiger partial charge in [0.15, 0.2) is 0 Å². The maximum Gasteiger partial charge on any atom is 0.253 e. The minimum atomic E-state index is -0.655. The van der Waals surface area contributed by atoms with Crippen molar-refractivity contribution in [3.05, 3.63) is 42.7 Å². The first kappa shape index (κ1) is 13.9. The molecular formula is C13H17N3O2. The average molecular weight is 247 g/mol. The molecule has 0 bridgehead atoms. The number of nitrogens with one attached hydrogen (secondary N) is 1. The number of allylic oxidation sites excluding steroid dienone is 1. The summed E-state index contributed by atoms with van der Waals surface area (Å²) in [5.74, 6) is -0.873. The number of hydrogen-bond acceptors (Lipinski definition) is 3. The summed E-state index contributed by atoms with van der Waals surface area (Å²) in [6.07, 6.45) is 6.83. The van der Waals surface area contributed by atoms with Crippen molar-refractivity contribution in [1.29, 1.82) is 0 Å². The molecule has 96 valence electrons. The summed E-state index contributed by atoms with van der Waals surface area (Å²) in [5, 5.41) is 2.60. The first-order valence-electron chi connectivity index (χ1n) is 5.76. The molecule has 2 amide bonds. The Morgan fingerprint density at radius 3 is 2.89 bits per heavy atom. The SMILES string of the molecule is C=CCCC[C@@H](NC(=O)c1cccnc1)C(N)=O. The van der Waals surface area contributed by atoms with Gasteiger partial charge >= 0.3 is 0 Å². The van der Waals surface area contributed by atoms with Crippen molar-refractivity contribution in [2.24, 2.45) is 5.73 Å². The third-order valence-electron chi connectivity index (χ3n) is 2.47. The van der Waals surface area contributed by atoms with Gasteiger partial charge in [-0.15, -0.1) is 6.58 Å². The highest BCUT2D eigenvalue weighted by atomic mass is 16.2. The average Bonchev–Trinajstić information content (AvgIpc) is 2.38. The smallest absolute Gasteiger partial charge is 0.253 e. The first-order chi connectivity index (χ1) is 8.65. The summed E-state index contributed by atoms with van der Waals surface area (Å²) in [4.78, 5) is 26.9. The van der Waals surface area contributed by atoms with E-state index < -0.39 is 11.9 Å². The summed E-state index contributed by atoms with van der Waals surface area (Å²) in [6, 6.07) is 2.63. The molecular weight excluding hydrogens is 230 g/mol. The van der Waals surface area contributed by atoms with Crippen LogP contribution in [0.2, 0.25) is 0 Å². The highest BCUT2D eigenvalue weighted by molar-refractivity contribution is 5.96. The Balaban J connectivity index is 2.58. The molecule has 0 saturated carbocycles. The third kappa shape index (κ3) is 4.37. The van der Waals surface area contributed by atoms with Crippen LogP contribution >= 0.6 is 0 Å². The van der Waals surface area contributed by atoms with Crippen molar-refractivity contribution in [3.8, 4) is 0 Å². The van der Waals surface area contributed by atoms with E-state index in [-0.39, 0.29) is 5.91 Å². The Morgan fingerprint density at radius 1 is 1.56 bits per heavy atom. The molecule has 0 aliphatic heterocycles. The fraction of sp³-hybridized carbons (Fsp3) is 0.308. The lowest BCUT2D eigenvalue weighted by Crippen LogP contribution is -2.44. The predicted molar refractivity (Wildman–Crippen MR) is 68.7 cm³/mol. The maximum atomic E-state index is 11.8. The molecule has 0 aliphatic carbocycles. The van der Waals surface area contributed by atoms with Gasteiger partial charge in [-0.25, -0.2) is 0 Å². The molecule has 3 N–H and O–H groups in total. The number of aromatic nitrogens is 1. The van der Waals surface area contributed by atoms with Crippen molar-refractivity contribution in [2.75, 3.05) is 0 Å². The van der Waals surface area contributed by atoms with Crippen molar-refractivity contribution in [3.63, 3.8) is 0 Å². The summed E-state index contributed by atoms with van der Waals surface area (Å²) >= 11 is 0. The minimum Gasteiger partial charge on any atom is -0.368 e. The summed E-state index contributed by atoms with van der Waals surface area (Å²) in [5.41, 5.74) is 5.66. The zero-order valence-corrected chi connectivity index (χ0v) is 10.1. The number of nitrogens with two attached hydrogens (primary N) is 1.